The summed E-state index contributed by atoms with van der Waals surface area (Å²) in [5.41, 5.74) is 5.01. The maximum atomic E-state index is 14.0. The molecule has 12 atom stereocenters. The van der Waals surface area contributed by atoms with Gasteiger partial charge in [-0.1, -0.05) is 118 Å². The smallest absolute Gasteiger partial charge is 0.308 e. The van der Waals surface area contributed by atoms with Gasteiger partial charge in [-0.25, -0.2) is 0 Å². The molecule has 5 rings (SSSR count). The largest absolute Gasteiger partial charge is 0.462 e. The number of esters is 1. The molecule has 0 radical (unpaired) electrons. The second-order valence-electron chi connectivity index (χ2n) is 19.3. The van der Waals surface area contributed by atoms with Gasteiger partial charge in [0.15, 0.2) is 12.1 Å². The minimum absolute atomic E-state index is 0.0940. The average Bonchev–Trinajstić information content (AvgIpc) is 3.79. The van der Waals surface area contributed by atoms with Crippen molar-refractivity contribution < 1.29 is 44.2 Å². The SMILES string of the molecule is CCCCCc1ccc(-c2cn(CCN(CC[C@H]3C[C@@H](C)C(=O)/C=C/C(C)=C/[C@H](CO)[C@@H](CC)OC(=O)C[C@@H](O)[C@H](C)[C@H]3O[C@@H]3O[C@H](C)C(O)C(N(C)C)C3O)Cc3ccccc3)nn2)cc1. The third kappa shape index (κ3) is 15.7. The zero-order valence-electron chi connectivity index (χ0n) is 41.2. The highest BCUT2D eigenvalue weighted by molar-refractivity contribution is 5.91. The number of ketones is 1. The zero-order valence-corrected chi connectivity index (χ0v) is 41.2. The molecule has 0 spiro atoms. The Morgan fingerprint density at radius 1 is 0.910 bits per heavy atom. The monoisotopic (exact) mass is 930 g/mol. The molecule has 1 fully saturated rings. The standard InChI is InChI=1S/C53H79N5O9/c1-9-11-13-16-39-20-22-41(23-21-39)44-33-58(55-54-44)28-27-57(32-40-17-14-12-15-18-40)26-25-42-30-36(4)45(60)24-19-35(3)29-43(34-59)47(10-2)66-48(62)31-46(61)37(5)52(42)67-53-51(64)49(56(7)8)50(63)38(6)65-53/h12,14-15,17-24,29,33,36-38,42-43,46-47,49-53,59,61,63-64H,9-11,13,16,25-28,30-32,34H2,1-8H3/b24-19+,35-29+/t36-,37+,38-,42+,43-,46-,47-,49?,50?,51?,52-,53+/m1/s1. The lowest BCUT2D eigenvalue weighted by atomic mass is 9.79. The number of hydrogen-bond acceptors (Lipinski definition) is 13. The molecule has 14 heteroatoms. The summed E-state index contributed by atoms with van der Waals surface area (Å²) < 4.78 is 20.8. The van der Waals surface area contributed by atoms with Gasteiger partial charge in [-0.2, -0.15) is 0 Å². The Bertz CT molecular complexity index is 2010. The van der Waals surface area contributed by atoms with E-state index >= 15 is 0 Å². The molecule has 1 aromatic heterocycles. The van der Waals surface area contributed by atoms with Crippen LogP contribution in [0.1, 0.15) is 97.6 Å². The fourth-order valence-electron chi connectivity index (χ4n) is 9.52. The number of hydrogen-bond donors (Lipinski definition) is 4. The summed E-state index contributed by atoms with van der Waals surface area (Å²) in [4.78, 5) is 31.6. The summed E-state index contributed by atoms with van der Waals surface area (Å²) in [5.74, 6) is -2.80. The molecule has 0 bridgehead atoms. The molecule has 2 aromatic carbocycles. The van der Waals surface area contributed by atoms with E-state index in [0.29, 0.717) is 45.4 Å². The van der Waals surface area contributed by atoms with Crippen molar-refractivity contribution in [2.45, 2.75) is 155 Å². The molecule has 3 heterocycles. The van der Waals surface area contributed by atoms with E-state index in [9.17, 15) is 30.0 Å². The number of aromatic nitrogens is 3. The van der Waals surface area contributed by atoms with Crippen molar-refractivity contribution in [3.8, 4) is 11.3 Å². The Labute approximate surface area is 399 Å². The predicted molar refractivity (Wildman–Crippen MR) is 259 cm³/mol. The number of likely N-dealkylation sites (N-methyl/N-ethyl adjacent to an activating group) is 1. The maximum absolute atomic E-state index is 14.0. The van der Waals surface area contributed by atoms with Crippen molar-refractivity contribution >= 4 is 11.8 Å². The average molecular weight is 930 g/mol. The van der Waals surface area contributed by atoms with Crippen LogP contribution in [0.25, 0.3) is 11.3 Å². The number of unbranched alkanes of at least 4 members (excludes halogenated alkanes) is 2. The third-order valence-corrected chi connectivity index (χ3v) is 13.7. The zero-order chi connectivity index (χ0) is 48.6. The van der Waals surface area contributed by atoms with Gasteiger partial charge >= 0.3 is 5.97 Å². The molecular weight excluding hydrogens is 851 g/mol. The highest BCUT2D eigenvalue weighted by atomic mass is 16.7. The van der Waals surface area contributed by atoms with E-state index in [0.717, 1.165) is 28.8 Å². The third-order valence-electron chi connectivity index (χ3n) is 13.7. The number of carbonyl (C=O) groups is 2. The van der Waals surface area contributed by atoms with Crippen molar-refractivity contribution in [2.24, 2.45) is 23.7 Å². The number of carbonyl (C=O) groups excluding carboxylic acids is 2. The molecular formula is C53H79N5O9. The lowest BCUT2D eigenvalue weighted by molar-refractivity contribution is -0.304. The second-order valence-corrected chi connectivity index (χ2v) is 19.3. The molecule has 0 saturated carbocycles. The van der Waals surface area contributed by atoms with E-state index in [2.05, 4.69) is 58.5 Å². The summed E-state index contributed by atoms with van der Waals surface area (Å²) in [5, 5.41) is 54.1. The van der Waals surface area contributed by atoms with Crippen LogP contribution >= 0.6 is 0 Å². The summed E-state index contributed by atoms with van der Waals surface area (Å²) in [6.07, 6.45) is 5.81. The van der Waals surface area contributed by atoms with Crippen LogP contribution in [0.3, 0.4) is 0 Å². The molecule has 2 aliphatic rings. The molecule has 14 nitrogen and oxygen atoms in total. The van der Waals surface area contributed by atoms with Crippen LogP contribution in [0.5, 0.6) is 0 Å². The normalized spacial score (nSPS) is 30.6. The van der Waals surface area contributed by atoms with E-state index in [1.165, 1.54) is 24.8 Å². The minimum Gasteiger partial charge on any atom is -0.462 e. The van der Waals surface area contributed by atoms with Crippen molar-refractivity contribution in [1.82, 2.24) is 24.8 Å². The fourth-order valence-corrected chi connectivity index (χ4v) is 9.52. The van der Waals surface area contributed by atoms with Crippen molar-refractivity contribution in [3.63, 3.8) is 0 Å². The Hall–Kier alpha value is -4.12. The van der Waals surface area contributed by atoms with Crippen LogP contribution in [0.15, 0.2) is 84.6 Å². The molecule has 0 aliphatic carbocycles. The van der Waals surface area contributed by atoms with Gasteiger partial charge in [0, 0.05) is 36.4 Å². The van der Waals surface area contributed by atoms with Crippen LogP contribution in [0.2, 0.25) is 0 Å². The topological polar surface area (TPSA) is 180 Å². The lowest BCUT2D eigenvalue weighted by Crippen LogP contribution is -2.63. The second kappa shape index (κ2) is 26.6. The summed E-state index contributed by atoms with van der Waals surface area (Å²) in [6.45, 7) is 13.5. The van der Waals surface area contributed by atoms with Gasteiger partial charge in [0.25, 0.3) is 0 Å². The molecule has 3 unspecified atom stereocenters. The highest BCUT2D eigenvalue weighted by Crippen LogP contribution is 2.35. The quantitative estimate of drug-likeness (QED) is 0.0815. The number of cyclic esters (lactones) is 1. The van der Waals surface area contributed by atoms with Crippen molar-refractivity contribution in [1.29, 1.82) is 0 Å². The molecule has 3 aromatic rings. The van der Waals surface area contributed by atoms with E-state index in [4.69, 9.17) is 14.2 Å². The van der Waals surface area contributed by atoms with Crippen LogP contribution in [-0.4, -0.2) is 140 Å². The summed E-state index contributed by atoms with van der Waals surface area (Å²) >= 11 is 0. The lowest BCUT2D eigenvalue weighted by Gasteiger charge is -2.46. The van der Waals surface area contributed by atoms with E-state index < -0.39 is 78.6 Å². The molecule has 1 saturated heterocycles. The Morgan fingerprint density at radius 3 is 2.31 bits per heavy atom. The number of allylic oxidation sites excluding steroid dienone is 3. The van der Waals surface area contributed by atoms with Crippen LogP contribution in [-0.2, 0) is 43.3 Å². The number of aryl methyl sites for hydroxylation is 1. The molecule has 4 N–H and O–H groups in total. The van der Waals surface area contributed by atoms with Crippen LogP contribution < -0.4 is 0 Å². The van der Waals surface area contributed by atoms with Crippen molar-refractivity contribution in [2.75, 3.05) is 33.8 Å². The first kappa shape index (κ1) is 53.8. The minimum atomic E-state index is -1.26. The van der Waals surface area contributed by atoms with Crippen molar-refractivity contribution in [3.05, 3.63) is 95.7 Å². The molecule has 2 aliphatic heterocycles. The number of nitrogens with zero attached hydrogens (tertiary/aromatic N) is 5. The Kier molecular flexibility index (Phi) is 21.4. The Balaban J connectivity index is 1.47. The fraction of sp³-hybridized carbons (Fsp3) is 0.623. The van der Waals surface area contributed by atoms with Gasteiger partial charge in [-0.15, -0.1) is 5.10 Å². The number of ether oxygens (including phenoxy) is 3. The van der Waals surface area contributed by atoms with Crippen LogP contribution in [0, 0.1) is 23.7 Å². The van der Waals surface area contributed by atoms with Gasteiger partial charge in [0.1, 0.15) is 17.9 Å². The van der Waals surface area contributed by atoms with Crippen LogP contribution in [0.4, 0.5) is 0 Å². The first-order chi connectivity index (χ1) is 32.1. The molecule has 67 heavy (non-hydrogen) atoms. The predicted octanol–water partition coefficient (Wildman–Crippen LogP) is 6.40. The number of aliphatic hydroxyl groups is 4. The summed E-state index contributed by atoms with van der Waals surface area (Å²) in [7, 11) is 3.55. The number of benzene rings is 2. The molecule has 0 amide bonds. The maximum Gasteiger partial charge on any atom is 0.308 e. The number of aliphatic hydroxyl groups excluding tert-OH is 4. The van der Waals surface area contributed by atoms with E-state index in [1.54, 1.807) is 38.1 Å². The highest BCUT2D eigenvalue weighted by Gasteiger charge is 2.47. The number of rotatable bonds is 18. The first-order valence-corrected chi connectivity index (χ1v) is 24.6. The van der Waals surface area contributed by atoms with E-state index in [-0.39, 0.29) is 18.8 Å². The van der Waals surface area contributed by atoms with Gasteiger partial charge in [0.05, 0.1) is 56.2 Å². The van der Waals surface area contributed by atoms with E-state index in [1.807, 2.05) is 62.8 Å². The summed E-state index contributed by atoms with van der Waals surface area (Å²) in [6, 6.07) is 18.1. The first-order valence-electron chi connectivity index (χ1n) is 24.6. The van der Waals surface area contributed by atoms with Gasteiger partial charge in [-0.3, -0.25) is 19.2 Å². The Morgan fingerprint density at radius 2 is 1.64 bits per heavy atom. The van der Waals surface area contributed by atoms with Gasteiger partial charge < -0.3 is 39.5 Å². The van der Waals surface area contributed by atoms with Gasteiger partial charge in [-0.05, 0) is 89.7 Å². The van der Waals surface area contributed by atoms with Gasteiger partial charge in [0.2, 0.25) is 0 Å². The molecule has 370 valence electrons.